The molecule has 4 heteroatoms. The van der Waals surface area contributed by atoms with E-state index in [1.54, 1.807) is 6.20 Å². The van der Waals surface area contributed by atoms with E-state index in [4.69, 9.17) is 0 Å². The van der Waals surface area contributed by atoms with Gasteiger partial charge in [-0.25, -0.2) is 0 Å². The standard InChI is InChI=1S/C16H22N4.CH4/c1-2-19-9-11-20(12-10-19)13-14-3-5-15(6-4-14)16-7-8-17-18-16;/h3-8H,2,9-13H2,1H3,(H,17,18);1H4. The quantitative estimate of drug-likeness (QED) is 0.938. The SMILES string of the molecule is C.CCN1CCN(Cc2ccc(-c3ccn[nH]3)cc2)CC1. The zero-order valence-electron chi connectivity index (χ0n) is 12.0. The van der Waals surface area contributed by atoms with Gasteiger partial charge in [-0.3, -0.25) is 10.00 Å². The van der Waals surface area contributed by atoms with E-state index in [1.807, 2.05) is 6.07 Å². The van der Waals surface area contributed by atoms with Gasteiger partial charge in [0.15, 0.2) is 0 Å². The Labute approximate surface area is 127 Å². The lowest BCUT2D eigenvalue weighted by molar-refractivity contribution is 0.132. The van der Waals surface area contributed by atoms with E-state index in [0.29, 0.717) is 0 Å². The van der Waals surface area contributed by atoms with Gasteiger partial charge in [0.1, 0.15) is 0 Å². The average Bonchev–Trinajstić information content (AvgIpc) is 3.03. The summed E-state index contributed by atoms with van der Waals surface area (Å²) in [6.07, 6.45) is 1.79. The van der Waals surface area contributed by atoms with E-state index in [-0.39, 0.29) is 7.43 Å². The van der Waals surface area contributed by atoms with Crippen LogP contribution in [0.4, 0.5) is 0 Å². The molecule has 21 heavy (non-hydrogen) atoms. The van der Waals surface area contributed by atoms with Crippen molar-refractivity contribution in [2.24, 2.45) is 0 Å². The molecule has 0 unspecified atom stereocenters. The fourth-order valence-corrected chi connectivity index (χ4v) is 2.73. The highest BCUT2D eigenvalue weighted by molar-refractivity contribution is 5.58. The Bertz CT molecular complexity index is 510. The van der Waals surface area contributed by atoms with Gasteiger partial charge in [0, 0.05) is 38.9 Å². The number of rotatable bonds is 4. The Morgan fingerprint density at radius 1 is 1.00 bits per heavy atom. The second-order valence-electron chi connectivity index (χ2n) is 5.38. The van der Waals surface area contributed by atoms with Crippen molar-refractivity contribution in [2.45, 2.75) is 20.9 Å². The number of hydrogen-bond acceptors (Lipinski definition) is 3. The Morgan fingerprint density at radius 2 is 1.67 bits per heavy atom. The fourth-order valence-electron chi connectivity index (χ4n) is 2.73. The monoisotopic (exact) mass is 286 g/mol. The summed E-state index contributed by atoms with van der Waals surface area (Å²) in [6.45, 7) is 9.22. The Balaban J connectivity index is 0.00000161. The highest BCUT2D eigenvalue weighted by Gasteiger charge is 2.15. The molecule has 0 radical (unpaired) electrons. The molecule has 2 heterocycles. The summed E-state index contributed by atoms with van der Waals surface area (Å²) < 4.78 is 0. The molecule has 0 saturated carbocycles. The topological polar surface area (TPSA) is 35.2 Å². The van der Waals surface area contributed by atoms with E-state index >= 15 is 0 Å². The zero-order valence-corrected chi connectivity index (χ0v) is 12.0. The third-order valence-corrected chi connectivity index (χ3v) is 4.08. The van der Waals surface area contributed by atoms with Crippen molar-refractivity contribution >= 4 is 0 Å². The minimum atomic E-state index is 0. The summed E-state index contributed by atoms with van der Waals surface area (Å²) in [6, 6.07) is 10.8. The van der Waals surface area contributed by atoms with Gasteiger partial charge in [0.25, 0.3) is 0 Å². The van der Waals surface area contributed by atoms with Crippen LogP contribution < -0.4 is 0 Å². The van der Waals surface area contributed by atoms with Crippen molar-refractivity contribution in [3.8, 4) is 11.3 Å². The fraction of sp³-hybridized carbons (Fsp3) is 0.471. The van der Waals surface area contributed by atoms with Crippen LogP contribution in [0.5, 0.6) is 0 Å². The number of nitrogens with zero attached hydrogens (tertiary/aromatic N) is 3. The maximum atomic E-state index is 3.99. The Morgan fingerprint density at radius 3 is 2.24 bits per heavy atom. The summed E-state index contributed by atoms with van der Waals surface area (Å²) in [5.41, 5.74) is 3.66. The van der Waals surface area contributed by atoms with Crippen molar-refractivity contribution in [1.29, 1.82) is 0 Å². The molecule has 3 rings (SSSR count). The molecule has 0 atom stereocenters. The summed E-state index contributed by atoms with van der Waals surface area (Å²) in [5.74, 6) is 0. The molecule has 1 aliphatic heterocycles. The molecule has 1 fully saturated rings. The van der Waals surface area contributed by atoms with Gasteiger partial charge >= 0.3 is 0 Å². The van der Waals surface area contributed by atoms with E-state index in [2.05, 4.69) is 51.2 Å². The summed E-state index contributed by atoms with van der Waals surface area (Å²) in [5, 5.41) is 6.99. The van der Waals surface area contributed by atoms with Crippen LogP contribution in [0.15, 0.2) is 36.5 Å². The van der Waals surface area contributed by atoms with Crippen LogP contribution in [0, 0.1) is 0 Å². The predicted octanol–water partition coefficient (Wildman–Crippen LogP) is 2.85. The van der Waals surface area contributed by atoms with Gasteiger partial charge in [0.05, 0.1) is 5.69 Å². The molecule has 4 nitrogen and oxygen atoms in total. The van der Waals surface area contributed by atoms with Gasteiger partial charge in [-0.15, -0.1) is 0 Å². The molecule has 114 valence electrons. The van der Waals surface area contributed by atoms with Gasteiger partial charge in [0.2, 0.25) is 0 Å². The largest absolute Gasteiger partial charge is 0.301 e. The number of benzene rings is 1. The third kappa shape index (κ3) is 3.93. The molecule has 0 aliphatic carbocycles. The van der Waals surface area contributed by atoms with E-state index in [1.165, 1.54) is 43.9 Å². The van der Waals surface area contributed by atoms with Crippen LogP contribution in [-0.4, -0.2) is 52.7 Å². The second-order valence-corrected chi connectivity index (χ2v) is 5.38. The lowest BCUT2D eigenvalue weighted by atomic mass is 10.1. The van der Waals surface area contributed by atoms with Crippen LogP contribution in [-0.2, 0) is 6.54 Å². The van der Waals surface area contributed by atoms with Crippen LogP contribution in [0.25, 0.3) is 11.3 Å². The average molecular weight is 286 g/mol. The highest BCUT2D eigenvalue weighted by Crippen LogP contribution is 2.17. The molecule has 0 spiro atoms. The molecule has 1 aliphatic rings. The third-order valence-electron chi connectivity index (χ3n) is 4.08. The maximum absolute atomic E-state index is 3.99. The lowest BCUT2D eigenvalue weighted by Crippen LogP contribution is -2.45. The summed E-state index contributed by atoms with van der Waals surface area (Å²) in [4.78, 5) is 5.05. The van der Waals surface area contributed by atoms with Crippen molar-refractivity contribution < 1.29 is 0 Å². The Kier molecular flexibility index (Phi) is 5.53. The number of likely N-dealkylation sites (N-methyl/N-ethyl adjacent to an activating group) is 1. The second kappa shape index (κ2) is 7.38. The molecule has 1 saturated heterocycles. The predicted molar refractivity (Wildman–Crippen MR) is 88.1 cm³/mol. The number of aromatic amines is 1. The van der Waals surface area contributed by atoms with Crippen LogP contribution in [0.2, 0.25) is 0 Å². The van der Waals surface area contributed by atoms with Crippen LogP contribution >= 0.6 is 0 Å². The Hall–Kier alpha value is -1.65. The van der Waals surface area contributed by atoms with Crippen molar-refractivity contribution in [1.82, 2.24) is 20.0 Å². The molecule has 1 N–H and O–H groups in total. The normalized spacial score (nSPS) is 16.6. The van der Waals surface area contributed by atoms with Crippen molar-refractivity contribution in [2.75, 3.05) is 32.7 Å². The van der Waals surface area contributed by atoms with Crippen molar-refractivity contribution in [3.63, 3.8) is 0 Å². The number of aromatic nitrogens is 2. The minimum absolute atomic E-state index is 0. The molecule has 2 aromatic rings. The number of nitrogens with one attached hydrogen (secondary N) is 1. The van der Waals surface area contributed by atoms with Crippen LogP contribution in [0.3, 0.4) is 0 Å². The van der Waals surface area contributed by atoms with E-state index in [0.717, 1.165) is 12.2 Å². The molecular weight excluding hydrogens is 260 g/mol. The first-order chi connectivity index (χ1) is 9.85. The molecule has 0 bridgehead atoms. The summed E-state index contributed by atoms with van der Waals surface area (Å²) >= 11 is 0. The number of hydrogen-bond donors (Lipinski definition) is 1. The lowest BCUT2D eigenvalue weighted by Gasteiger charge is -2.34. The van der Waals surface area contributed by atoms with E-state index < -0.39 is 0 Å². The first-order valence-electron chi connectivity index (χ1n) is 7.38. The van der Waals surface area contributed by atoms with Gasteiger partial charge in [-0.2, -0.15) is 5.10 Å². The van der Waals surface area contributed by atoms with Gasteiger partial charge in [-0.1, -0.05) is 38.6 Å². The first-order valence-corrected chi connectivity index (χ1v) is 7.38. The van der Waals surface area contributed by atoms with E-state index in [9.17, 15) is 0 Å². The summed E-state index contributed by atoms with van der Waals surface area (Å²) in [7, 11) is 0. The molecule has 1 aromatic carbocycles. The zero-order chi connectivity index (χ0) is 13.8. The number of H-pyrrole nitrogens is 1. The van der Waals surface area contributed by atoms with Crippen LogP contribution in [0.1, 0.15) is 19.9 Å². The molecule has 1 aromatic heterocycles. The maximum Gasteiger partial charge on any atom is 0.0650 e. The minimum Gasteiger partial charge on any atom is -0.301 e. The first kappa shape index (κ1) is 15.7. The number of piperazine rings is 1. The van der Waals surface area contributed by atoms with Gasteiger partial charge < -0.3 is 4.90 Å². The van der Waals surface area contributed by atoms with Gasteiger partial charge in [-0.05, 0) is 23.7 Å². The molecular formula is C17H26N4. The smallest absolute Gasteiger partial charge is 0.0650 e. The highest BCUT2D eigenvalue weighted by atomic mass is 15.3. The van der Waals surface area contributed by atoms with Crippen molar-refractivity contribution in [3.05, 3.63) is 42.1 Å². The molecule has 0 amide bonds.